The van der Waals surface area contributed by atoms with E-state index in [0.717, 1.165) is 19.6 Å². The second-order valence-corrected chi connectivity index (χ2v) is 5.95. The van der Waals surface area contributed by atoms with Crippen molar-refractivity contribution in [2.45, 2.75) is 64.7 Å². The van der Waals surface area contributed by atoms with Crippen molar-refractivity contribution in [2.24, 2.45) is 0 Å². The van der Waals surface area contributed by atoms with Crippen molar-refractivity contribution in [2.75, 3.05) is 13.2 Å². The Kier molecular flexibility index (Phi) is 10.2. The number of rotatable bonds is 12. The van der Waals surface area contributed by atoms with Crippen molar-refractivity contribution < 1.29 is 4.74 Å². The molecular formula is C16H28OS. The zero-order valence-corrected chi connectivity index (χ0v) is 12.6. The first-order valence-electron chi connectivity index (χ1n) is 7.53. The Hall–Kier alpha value is -0.340. The van der Waals surface area contributed by atoms with E-state index in [1.54, 1.807) is 0 Å². The molecule has 0 aliphatic rings. The molecule has 0 N–H and O–H groups in total. The highest BCUT2D eigenvalue weighted by Gasteiger charge is 1.95. The molecule has 0 spiro atoms. The number of unbranched alkanes of at least 4 members (excludes halogenated alkanes) is 7. The van der Waals surface area contributed by atoms with Crippen LogP contribution in [-0.2, 0) is 11.2 Å². The molecule has 0 atom stereocenters. The summed E-state index contributed by atoms with van der Waals surface area (Å²) in [5.41, 5.74) is 0. The largest absolute Gasteiger partial charge is 0.381 e. The Balaban J connectivity index is 1.73. The standard InChI is InChI=1S/C16H28OS/c1-2-3-4-5-6-7-8-9-13-17-14-12-16-11-10-15-18-16/h10-11,15H,2-9,12-14H2,1H3. The first-order valence-corrected chi connectivity index (χ1v) is 8.41. The Morgan fingerprint density at radius 2 is 1.67 bits per heavy atom. The molecule has 0 radical (unpaired) electrons. The molecular weight excluding hydrogens is 240 g/mol. The predicted molar refractivity (Wildman–Crippen MR) is 81.5 cm³/mol. The Bertz CT molecular complexity index is 256. The molecule has 1 rings (SSSR count). The molecule has 1 aromatic rings. The van der Waals surface area contributed by atoms with Crippen LogP contribution in [0.1, 0.15) is 63.2 Å². The summed E-state index contributed by atoms with van der Waals surface area (Å²) in [6.07, 6.45) is 12.1. The Morgan fingerprint density at radius 3 is 2.33 bits per heavy atom. The number of thiophene rings is 1. The summed E-state index contributed by atoms with van der Waals surface area (Å²) in [5.74, 6) is 0. The summed E-state index contributed by atoms with van der Waals surface area (Å²) >= 11 is 1.82. The van der Waals surface area contributed by atoms with Crippen molar-refractivity contribution in [1.82, 2.24) is 0 Å². The lowest BCUT2D eigenvalue weighted by Crippen LogP contribution is -1.99. The molecule has 0 amide bonds. The minimum atomic E-state index is 0.886. The minimum Gasteiger partial charge on any atom is -0.381 e. The number of ether oxygens (including phenoxy) is 1. The van der Waals surface area contributed by atoms with Gasteiger partial charge in [-0.2, -0.15) is 0 Å². The lowest BCUT2D eigenvalue weighted by molar-refractivity contribution is 0.133. The summed E-state index contributed by atoms with van der Waals surface area (Å²) in [6.45, 7) is 4.10. The van der Waals surface area contributed by atoms with Crippen molar-refractivity contribution in [1.29, 1.82) is 0 Å². The van der Waals surface area contributed by atoms with Gasteiger partial charge in [0.2, 0.25) is 0 Å². The van der Waals surface area contributed by atoms with Gasteiger partial charge < -0.3 is 4.74 Å². The molecule has 2 heteroatoms. The number of hydrogen-bond donors (Lipinski definition) is 0. The maximum atomic E-state index is 5.66. The average Bonchev–Trinajstić information content (AvgIpc) is 2.89. The van der Waals surface area contributed by atoms with Crippen LogP contribution in [0.3, 0.4) is 0 Å². The van der Waals surface area contributed by atoms with Gasteiger partial charge in [0, 0.05) is 17.9 Å². The van der Waals surface area contributed by atoms with Gasteiger partial charge >= 0.3 is 0 Å². The SMILES string of the molecule is CCCCCCCCCCOCCc1cccs1. The molecule has 0 aromatic carbocycles. The molecule has 1 heterocycles. The monoisotopic (exact) mass is 268 g/mol. The fourth-order valence-corrected chi connectivity index (χ4v) is 2.76. The van der Waals surface area contributed by atoms with Gasteiger partial charge in [-0.15, -0.1) is 11.3 Å². The van der Waals surface area contributed by atoms with E-state index in [1.807, 2.05) is 11.3 Å². The van der Waals surface area contributed by atoms with Gasteiger partial charge in [-0.1, -0.05) is 57.9 Å². The lowest BCUT2D eigenvalue weighted by Gasteiger charge is -2.03. The predicted octanol–water partition coefficient (Wildman–Crippen LogP) is 5.45. The third-order valence-electron chi connectivity index (χ3n) is 3.22. The summed E-state index contributed by atoms with van der Waals surface area (Å²) in [4.78, 5) is 1.44. The van der Waals surface area contributed by atoms with E-state index >= 15 is 0 Å². The van der Waals surface area contributed by atoms with E-state index < -0.39 is 0 Å². The highest BCUT2D eigenvalue weighted by molar-refractivity contribution is 7.09. The van der Waals surface area contributed by atoms with Crippen LogP contribution < -0.4 is 0 Å². The first kappa shape index (κ1) is 15.7. The van der Waals surface area contributed by atoms with Gasteiger partial charge in [-0.25, -0.2) is 0 Å². The molecule has 1 aromatic heterocycles. The average molecular weight is 268 g/mol. The van der Waals surface area contributed by atoms with Gasteiger partial charge in [0.05, 0.1) is 6.61 Å². The fraction of sp³-hybridized carbons (Fsp3) is 0.750. The fourth-order valence-electron chi connectivity index (χ4n) is 2.07. The molecule has 0 saturated heterocycles. The van der Waals surface area contributed by atoms with E-state index in [1.165, 1.54) is 56.2 Å². The van der Waals surface area contributed by atoms with E-state index in [0.29, 0.717) is 0 Å². The second kappa shape index (κ2) is 11.7. The van der Waals surface area contributed by atoms with Crippen LogP contribution in [0.4, 0.5) is 0 Å². The van der Waals surface area contributed by atoms with Crippen LogP contribution in [-0.4, -0.2) is 13.2 Å². The molecule has 18 heavy (non-hydrogen) atoms. The molecule has 0 fully saturated rings. The van der Waals surface area contributed by atoms with Gasteiger partial charge in [0.25, 0.3) is 0 Å². The third kappa shape index (κ3) is 8.71. The Morgan fingerprint density at radius 1 is 0.944 bits per heavy atom. The second-order valence-electron chi connectivity index (χ2n) is 4.92. The van der Waals surface area contributed by atoms with E-state index in [4.69, 9.17) is 4.74 Å². The van der Waals surface area contributed by atoms with Gasteiger partial charge in [0.15, 0.2) is 0 Å². The van der Waals surface area contributed by atoms with Crippen LogP contribution in [0.2, 0.25) is 0 Å². The van der Waals surface area contributed by atoms with Crippen LogP contribution in [0.5, 0.6) is 0 Å². The zero-order chi connectivity index (χ0) is 12.9. The normalized spacial score (nSPS) is 10.9. The highest BCUT2D eigenvalue weighted by atomic mass is 32.1. The van der Waals surface area contributed by atoms with Crippen molar-refractivity contribution in [3.8, 4) is 0 Å². The first-order chi connectivity index (χ1) is 8.93. The third-order valence-corrected chi connectivity index (χ3v) is 4.15. The minimum absolute atomic E-state index is 0.886. The highest BCUT2D eigenvalue weighted by Crippen LogP contribution is 2.10. The molecule has 0 aliphatic heterocycles. The molecule has 1 nitrogen and oxygen atoms in total. The van der Waals surface area contributed by atoms with Crippen molar-refractivity contribution in [3.63, 3.8) is 0 Å². The van der Waals surface area contributed by atoms with Gasteiger partial charge in [-0.05, 0) is 17.9 Å². The number of hydrogen-bond acceptors (Lipinski definition) is 2. The molecule has 0 unspecified atom stereocenters. The molecule has 104 valence electrons. The summed E-state index contributed by atoms with van der Waals surface area (Å²) < 4.78 is 5.66. The topological polar surface area (TPSA) is 9.23 Å². The summed E-state index contributed by atoms with van der Waals surface area (Å²) in [6, 6.07) is 4.29. The van der Waals surface area contributed by atoms with Crippen LogP contribution >= 0.6 is 11.3 Å². The van der Waals surface area contributed by atoms with Crippen LogP contribution in [0.25, 0.3) is 0 Å². The van der Waals surface area contributed by atoms with Gasteiger partial charge in [0.1, 0.15) is 0 Å². The van der Waals surface area contributed by atoms with Crippen molar-refractivity contribution >= 4 is 11.3 Å². The molecule has 0 saturated carbocycles. The van der Waals surface area contributed by atoms with E-state index in [9.17, 15) is 0 Å². The van der Waals surface area contributed by atoms with E-state index in [-0.39, 0.29) is 0 Å². The van der Waals surface area contributed by atoms with Gasteiger partial charge in [-0.3, -0.25) is 0 Å². The molecule has 0 aliphatic carbocycles. The molecule has 0 bridgehead atoms. The Labute approximate surface area is 117 Å². The van der Waals surface area contributed by atoms with Crippen LogP contribution in [0, 0.1) is 0 Å². The maximum absolute atomic E-state index is 5.66. The van der Waals surface area contributed by atoms with Crippen molar-refractivity contribution in [3.05, 3.63) is 22.4 Å². The lowest BCUT2D eigenvalue weighted by atomic mass is 10.1. The summed E-state index contributed by atoms with van der Waals surface area (Å²) in [5, 5.41) is 2.13. The summed E-state index contributed by atoms with van der Waals surface area (Å²) in [7, 11) is 0. The maximum Gasteiger partial charge on any atom is 0.0514 e. The smallest absolute Gasteiger partial charge is 0.0514 e. The van der Waals surface area contributed by atoms with Crippen LogP contribution in [0.15, 0.2) is 17.5 Å². The zero-order valence-electron chi connectivity index (χ0n) is 11.8. The quantitative estimate of drug-likeness (QED) is 0.458. The van der Waals surface area contributed by atoms with E-state index in [2.05, 4.69) is 24.4 Å².